The number of unbranched alkanes of at least 4 members (excludes halogenated alkanes) is 1. The van der Waals surface area contributed by atoms with E-state index in [-0.39, 0.29) is 6.10 Å². The average molecular weight is 1070 g/mol. The van der Waals surface area contributed by atoms with Crippen LogP contribution in [-0.2, 0) is 17.8 Å². The molecule has 12 aromatic rings. The molecule has 0 spiro atoms. The highest BCUT2D eigenvalue weighted by Crippen LogP contribution is 2.20. The van der Waals surface area contributed by atoms with Gasteiger partial charge in [0.15, 0.2) is 57.3 Å². The van der Waals surface area contributed by atoms with Gasteiger partial charge in [-0.15, -0.1) is 0 Å². The Bertz CT molecular complexity index is 3590. The number of nitrogens with zero attached hydrogens (tertiary/aromatic N) is 18. The lowest BCUT2D eigenvalue weighted by molar-refractivity contribution is 0.0247. The van der Waals surface area contributed by atoms with Crippen LogP contribution in [0.15, 0.2) is 119 Å². The number of allylic oxidation sites excluding steroid dienone is 1. The first kappa shape index (κ1) is 53.5. The van der Waals surface area contributed by atoms with Crippen molar-refractivity contribution in [3.63, 3.8) is 0 Å². The van der Waals surface area contributed by atoms with E-state index >= 15 is 0 Å². The average Bonchev–Trinajstić information content (AvgIpc) is 4.41. The summed E-state index contributed by atoms with van der Waals surface area (Å²) in [5.74, 6) is 3.87. The standard InChI is InChI=1S/C11H10N6.C11H15N5O.C10H9N7.C9H13N5.C9H11N5/c1-3-12-4-2-8(1)5-13-10-9-11(15-6-14-9)17-7-16-10;1-2-4-17-8(3-1)5-12-10-9-11(14-6-13-9)16-7-15-10;1-2-12-7(3-11-1)4-13-9-8-10(15-5-14-8)17-6-16-9;2*1-2-3-4-10-8-7-9(12-5-11-7)14-6-13-8/h1-4,6-7H,5H2,(H2,13,14,15,16,17);6-8H,1-5H2,(H2,12,13,14,15,16);1-3,5-6H,4H2,(H2,13,14,15,16,17);5-6H,2-4H2,1H3,(H2,10,11,12,13,14);2-3,5-6H,4H2,1H3,(H2,10,11,12,13,14)/b;;;;3-2+. The number of nitrogens with one attached hydrogen (secondary N) is 10. The quantitative estimate of drug-likeness (QED) is 0.0372. The summed E-state index contributed by atoms with van der Waals surface area (Å²) in [5, 5.41) is 16.1. The van der Waals surface area contributed by atoms with E-state index in [0.29, 0.717) is 47.1 Å². The molecule has 1 fully saturated rings. The Morgan fingerprint density at radius 2 is 0.987 bits per heavy atom. The molecule has 13 rings (SSSR count). The van der Waals surface area contributed by atoms with Crippen LogP contribution in [0.25, 0.3) is 55.8 Å². The largest absolute Gasteiger partial charge is 0.376 e. The number of H-pyrrole nitrogens is 5. The maximum absolute atomic E-state index is 5.66. The highest BCUT2D eigenvalue weighted by Gasteiger charge is 2.15. The van der Waals surface area contributed by atoms with E-state index in [4.69, 9.17) is 4.74 Å². The van der Waals surface area contributed by atoms with Crippen molar-refractivity contribution in [3.8, 4) is 0 Å². The fraction of sp³-hybridized carbons (Fsp3) is 0.280. The van der Waals surface area contributed by atoms with Gasteiger partial charge in [-0.1, -0.05) is 25.5 Å². The molecule has 12 aromatic heterocycles. The first-order valence-electron chi connectivity index (χ1n) is 25.4. The Balaban J connectivity index is 0.000000120. The third kappa shape index (κ3) is 15.2. The van der Waals surface area contributed by atoms with Crippen LogP contribution in [0, 0.1) is 0 Å². The summed E-state index contributed by atoms with van der Waals surface area (Å²) in [6.07, 6.45) is 34.3. The lowest BCUT2D eigenvalue weighted by Gasteiger charge is -2.22. The van der Waals surface area contributed by atoms with Crippen LogP contribution in [0.1, 0.15) is 57.2 Å². The van der Waals surface area contributed by atoms with Crippen LogP contribution < -0.4 is 26.6 Å². The fourth-order valence-electron chi connectivity index (χ4n) is 7.61. The molecule has 0 bridgehead atoms. The predicted molar refractivity (Wildman–Crippen MR) is 298 cm³/mol. The number of aromatic nitrogens is 23. The molecule has 0 radical (unpaired) electrons. The summed E-state index contributed by atoms with van der Waals surface area (Å²) in [7, 11) is 0. The smallest absolute Gasteiger partial charge is 0.182 e. The predicted octanol–water partition coefficient (Wildman–Crippen LogP) is 6.35. The molecule has 0 amide bonds. The summed E-state index contributed by atoms with van der Waals surface area (Å²) in [6, 6.07) is 3.91. The highest BCUT2D eigenvalue weighted by molar-refractivity contribution is 5.84. The summed E-state index contributed by atoms with van der Waals surface area (Å²) >= 11 is 0. The number of fused-ring (bicyclic) bond motifs is 5. The number of anilines is 5. The van der Waals surface area contributed by atoms with Gasteiger partial charge in [0, 0.05) is 57.6 Å². The van der Waals surface area contributed by atoms with E-state index in [1.807, 2.05) is 31.2 Å². The molecule has 1 atom stereocenters. The molecule has 1 unspecified atom stereocenters. The number of hydrogen-bond acceptors (Lipinski definition) is 24. The van der Waals surface area contributed by atoms with Crippen LogP contribution in [0.3, 0.4) is 0 Å². The molecule has 13 heterocycles. The molecule has 10 N–H and O–H groups in total. The monoisotopic (exact) mass is 1070 g/mol. The van der Waals surface area contributed by atoms with E-state index in [1.165, 1.54) is 50.9 Å². The minimum Gasteiger partial charge on any atom is -0.376 e. The third-order valence-electron chi connectivity index (χ3n) is 11.6. The molecule has 79 heavy (non-hydrogen) atoms. The molecule has 0 aromatic carbocycles. The van der Waals surface area contributed by atoms with Gasteiger partial charge in [0.1, 0.15) is 59.2 Å². The SMILES string of the molecule is C/C=C/CNc1ncnc2nc[nH]c12.CCCCNc1ncnc2nc[nH]c12.c1cc(CNc2ncnc3nc[nH]c23)ccn1.c1cnc(CNc2ncnc3nc[nH]c23)cn1.c1nc(NCC2CCCCO2)c2[nH]cnc2n1. The number of aromatic amines is 5. The first-order valence-corrected chi connectivity index (χ1v) is 25.4. The Labute approximate surface area is 450 Å². The number of pyridine rings is 1. The minimum atomic E-state index is 0.289. The Morgan fingerprint density at radius 3 is 1.44 bits per heavy atom. The summed E-state index contributed by atoms with van der Waals surface area (Å²) in [5.41, 5.74) is 9.56. The molecule has 404 valence electrons. The minimum absolute atomic E-state index is 0.289. The summed E-state index contributed by atoms with van der Waals surface area (Å²) in [4.78, 5) is 88.6. The molecule has 29 nitrogen and oxygen atoms in total. The van der Waals surface area contributed by atoms with E-state index in [0.717, 1.165) is 101 Å². The Hall–Kier alpha value is -10.3. The van der Waals surface area contributed by atoms with Crippen LogP contribution in [-0.4, -0.2) is 147 Å². The zero-order valence-electron chi connectivity index (χ0n) is 43.3. The van der Waals surface area contributed by atoms with Crippen molar-refractivity contribution in [3.05, 3.63) is 130 Å². The number of hydrogen-bond donors (Lipinski definition) is 10. The Morgan fingerprint density at radius 1 is 0.506 bits per heavy atom. The molecule has 1 aliphatic rings. The van der Waals surface area contributed by atoms with E-state index < -0.39 is 0 Å². The van der Waals surface area contributed by atoms with Gasteiger partial charge in [0.05, 0.1) is 56.2 Å². The van der Waals surface area contributed by atoms with Crippen LogP contribution >= 0.6 is 0 Å². The number of imidazole rings is 5. The zero-order chi connectivity index (χ0) is 54.1. The van der Waals surface area contributed by atoms with E-state index in [2.05, 4.69) is 148 Å². The lowest BCUT2D eigenvalue weighted by atomic mass is 10.1. The molecule has 1 saturated heterocycles. The molecular weight excluding hydrogens is 1010 g/mol. The van der Waals surface area contributed by atoms with E-state index in [9.17, 15) is 0 Å². The second-order valence-electron chi connectivity index (χ2n) is 17.0. The van der Waals surface area contributed by atoms with Crippen molar-refractivity contribution in [1.82, 2.24) is 115 Å². The van der Waals surface area contributed by atoms with Gasteiger partial charge in [-0.25, -0.2) is 74.8 Å². The third-order valence-corrected chi connectivity index (χ3v) is 11.6. The van der Waals surface area contributed by atoms with Crippen molar-refractivity contribution in [2.75, 3.05) is 52.8 Å². The number of rotatable bonds is 16. The van der Waals surface area contributed by atoms with Gasteiger partial charge in [-0.3, -0.25) is 15.0 Å². The molecule has 29 heteroatoms. The maximum Gasteiger partial charge on any atom is 0.182 e. The van der Waals surface area contributed by atoms with Crippen molar-refractivity contribution >= 4 is 84.9 Å². The van der Waals surface area contributed by atoms with E-state index in [1.54, 1.807) is 62.6 Å². The lowest BCUT2D eigenvalue weighted by Crippen LogP contribution is -2.27. The normalized spacial score (nSPS) is 12.9. The topological polar surface area (TPSA) is 380 Å². The van der Waals surface area contributed by atoms with Crippen molar-refractivity contribution in [1.29, 1.82) is 0 Å². The van der Waals surface area contributed by atoms with Crippen LogP contribution in [0.5, 0.6) is 0 Å². The molecule has 0 saturated carbocycles. The van der Waals surface area contributed by atoms with Crippen molar-refractivity contribution < 1.29 is 4.74 Å². The van der Waals surface area contributed by atoms with Crippen molar-refractivity contribution in [2.24, 2.45) is 0 Å². The van der Waals surface area contributed by atoms with Crippen molar-refractivity contribution in [2.45, 2.75) is 65.1 Å². The number of ether oxygens (including phenoxy) is 1. The van der Waals surface area contributed by atoms with Crippen LogP contribution in [0.4, 0.5) is 29.1 Å². The molecule has 1 aliphatic heterocycles. The van der Waals surface area contributed by atoms with Gasteiger partial charge >= 0.3 is 0 Å². The van der Waals surface area contributed by atoms with Crippen LogP contribution in [0.2, 0.25) is 0 Å². The summed E-state index contributed by atoms with van der Waals surface area (Å²) in [6.45, 7) is 8.72. The summed E-state index contributed by atoms with van der Waals surface area (Å²) < 4.78 is 5.66. The second kappa shape index (κ2) is 28.5. The van der Waals surface area contributed by atoms with Gasteiger partial charge in [-0.2, -0.15) is 0 Å². The van der Waals surface area contributed by atoms with Gasteiger partial charge in [-0.05, 0) is 50.3 Å². The molecular formula is C50H58N28O. The molecule has 0 aliphatic carbocycles. The highest BCUT2D eigenvalue weighted by atomic mass is 16.5. The first-order chi connectivity index (χ1) is 39.1. The fourth-order valence-corrected chi connectivity index (χ4v) is 7.61. The van der Waals surface area contributed by atoms with Gasteiger partial charge < -0.3 is 56.2 Å². The maximum atomic E-state index is 5.66. The van der Waals surface area contributed by atoms with Gasteiger partial charge in [0.2, 0.25) is 0 Å². The van der Waals surface area contributed by atoms with Gasteiger partial charge in [0.25, 0.3) is 0 Å². The second-order valence-corrected chi connectivity index (χ2v) is 17.0. The Kier molecular flexibility index (Phi) is 19.3. The zero-order valence-corrected chi connectivity index (χ0v) is 43.3.